The van der Waals surface area contributed by atoms with Crippen LogP contribution in [0.2, 0.25) is 0 Å². The van der Waals surface area contributed by atoms with Gasteiger partial charge in [-0.2, -0.15) is 0 Å². The van der Waals surface area contributed by atoms with Crippen molar-refractivity contribution in [1.29, 1.82) is 0 Å². The molecular weight excluding hydrogens is 278 g/mol. The summed E-state index contributed by atoms with van der Waals surface area (Å²) in [7, 11) is -1.24. The Morgan fingerprint density at radius 3 is 2.80 bits per heavy atom. The van der Waals surface area contributed by atoms with Crippen LogP contribution in [0.25, 0.3) is 0 Å². The molecular formula is C13H19N3O3S. The number of ether oxygens (including phenoxy) is 1. The first kappa shape index (κ1) is 14.9. The molecule has 110 valence electrons. The fourth-order valence-corrected chi connectivity index (χ4v) is 3.26. The molecule has 0 radical (unpaired) electrons. The summed E-state index contributed by atoms with van der Waals surface area (Å²) in [5.74, 6) is 0. The van der Waals surface area contributed by atoms with Crippen molar-refractivity contribution in [2.24, 2.45) is 0 Å². The van der Waals surface area contributed by atoms with E-state index in [1.807, 2.05) is 20.8 Å². The van der Waals surface area contributed by atoms with Crippen molar-refractivity contribution in [2.45, 2.75) is 43.1 Å². The lowest BCUT2D eigenvalue weighted by atomic mass is 10.2. The first-order valence-electron chi connectivity index (χ1n) is 6.51. The minimum Gasteiger partial charge on any atom is -0.444 e. The van der Waals surface area contributed by atoms with Crippen molar-refractivity contribution in [3.8, 4) is 0 Å². The zero-order chi connectivity index (χ0) is 14.8. The third kappa shape index (κ3) is 3.75. The van der Waals surface area contributed by atoms with Crippen LogP contribution in [0.1, 0.15) is 27.2 Å². The highest BCUT2D eigenvalue weighted by Gasteiger charge is 2.33. The van der Waals surface area contributed by atoms with Crippen molar-refractivity contribution < 1.29 is 13.7 Å². The van der Waals surface area contributed by atoms with Crippen LogP contribution in [0.4, 0.5) is 4.79 Å². The van der Waals surface area contributed by atoms with Gasteiger partial charge in [-0.1, -0.05) is 0 Å². The topological polar surface area (TPSA) is 72.4 Å². The quantitative estimate of drug-likeness (QED) is 0.829. The Hall–Kier alpha value is -1.50. The van der Waals surface area contributed by atoms with E-state index in [0.717, 1.165) is 0 Å². The maximum atomic E-state index is 12.3. The summed E-state index contributed by atoms with van der Waals surface area (Å²) in [5, 5.41) is 0.350. The molecule has 1 aromatic heterocycles. The van der Waals surface area contributed by atoms with Crippen LogP contribution in [-0.2, 0) is 15.5 Å². The van der Waals surface area contributed by atoms with Gasteiger partial charge in [0.1, 0.15) is 10.6 Å². The van der Waals surface area contributed by atoms with Gasteiger partial charge in [0, 0.05) is 25.5 Å². The average Bonchev–Trinajstić information content (AvgIpc) is 2.86. The van der Waals surface area contributed by atoms with Crippen molar-refractivity contribution in [3.63, 3.8) is 0 Å². The third-order valence-corrected chi connectivity index (χ3v) is 4.46. The van der Waals surface area contributed by atoms with E-state index in [-0.39, 0.29) is 11.3 Å². The van der Waals surface area contributed by atoms with Crippen molar-refractivity contribution in [2.75, 3.05) is 13.1 Å². The summed E-state index contributed by atoms with van der Waals surface area (Å²) in [6.45, 7) is 6.48. The number of nitrogens with zero attached hydrogens (tertiary/aromatic N) is 3. The maximum absolute atomic E-state index is 12.3. The molecule has 1 aliphatic heterocycles. The SMILES string of the molecule is CC(C)(C)OC(=O)N1CC[C@@H]([S@@](=O)c2cnccn2)C1. The predicted octanol–water partition coefficient (Wildman–Crippen LogP) is 1.59. The second-order valence-electron chi connectivity index (χ2n) is 5.68. The molecule has 0 aliphatic carbocycles. The number of likely N-dealkylation sites (tertiary alicyclic amines) is 1. The summed E-state index contributed by atoms with van der Waals surface area (Å²) >= 11 is 0. The Morgan fingerprint density at radius 2 is 2.20 bits per heavy atom. The number of hydrogen-bond acceptors (Lipinski definition) is 5. The van der Waals surface area contributed by atoms with Crippen LogP contribution in [0.15, 0.2) is 23.6 Å². The molecule has 0 saturated carbocycles. The second kappa shape index (κ2) is 5.87. The Labute approximate surface area is 121 Å². The Bertz CT molecular complexity index is 501. The van der Waals surface area contributed by atoms with Crippen LogP contribution in [-0.4, -0.2) is 49.1 Å². The number of hydrogen-bond donors (Lipinski definition) is 0. The molecule has 1 aromatic rings. The van der Waals surface area contributed by atoms with Gasteiger partial charge in [0.2, 0.25) is 0 Å². The van der Waals surface area contributed by atoms with E-state index < -0.39 is 16.4 Å². The van der Waals surface area contributed by atoms with E-state index in [4.69, 9.17) is 4.74 Å². The maximum Gasteiger partial charge on any atom is 0.410 e. The summed E-state index contributed by atoms with van der Waals surface area (Å²) in [6.07, 6.45) is 4.90. The molecule has 0 unspecified atom stereocenters. The van der Waals surface area contributed by atoms with E-state index in [0.29, 0.717) is 24.5 Å². The van der Waals surface area contributed by atoms with E-state index in [1.54, 1.807) is 11.1 Å². The van der Waals surface area contributed by atoms with Gasteiger partial charge < -0.3 is 9.64 Å². The average molecular weight is 297 g/mol. The molecule has 0 bridgehead atoms. The van der Waals surface area contributed by atoms with Crippen molar-refractivity contribution >= 4 is 16.9 Å². The minimum absolute atomic E-state index is 0.112. The zero-order valence-electron chi connectivity index (χ0n) is 11.9. The molecule has 0 spiro atoms. The van der Waals surface area contributed by atoms with Gasteiger partial charge in [-0.05, 0) is 27.2 Å². The van der Waals surface area contributed by atoms with Crippen molar-refractivity contribution in [3.05, 3.63) is 18.6 Å². The highest BCUT2D eigenvalue weighted by atomic mass is 32.2. The van der Waals surface area contributed by atoms with E-state index in [1.165, 1.54) is 12.4 Å². The molecule has 2 atom stereocenters. The summed E-state index contributed by atoms with van der Waals surface area (Å²) in [6, 6.07) is 0. The summed E-state index contributed by atoms with van der Waals surface area (Å²) in [5.41, 5.74) is -0.515. The number of aromatic nitrogens is 2. The van der Waals surface area contributed by atoms with Gasteiger partial charge >= 0.3 is 6.09 Å². The molecule has 2 heterocycles. The molecule has 1 amide bonds. The van der Waals surface area contributed by atoms with E-state index in [2.05, 4.69) is 9.97 Å². The fraction of sp³-hybridized carbons (Fsp3) is 0.615. The van der Waals surface area contributed by atoms with Crippen LogP contribution in [0.5, 0.6) is 0 Å². The number of carbonyl (C=O) groups is 1. The lowest BCUT2D eigenvalue weighted by molar-refractivity contribution is 0.0295. The molecule has 7 heteroatoms. The molecule has 1 aliphatic rings. The molecule has 1 fully saturated rings. The van der Waals surface area contributed by atoms with Crippen LogP contribution in [0.3, 0.4) is 0 Å². The molecule has 20 heavy (non-hydrogen) atoms. The summed E-state index contributed by atoms with van der Waals surface area (Å²) < 4.78 is 17.6. The third-order valence-electron chi connectivity index (χ3n) is 2.85. The minimum atomic E-state index is -1.24. The van der Waals surface area contributed by atoms with Gasteiger partial charge in [0.05, 0.1) is 22.2 Å². The highest BCUT2D eigenvalue weighted by molar-refractivity contribution is 7.85. The molecule has 0 aromatic carbocycles. The number of amides is 1. The lowest BCUT2D eigenvalue weighted by Crippen LogP contribution is -2.36. The normalized spacial score (nSPS) is 20.8. The Kier molecular flexibility index (Phi) is 4.37. The van der Waals surface area contributed by atoms with E-state index in [9.17, 15) is 9.00 Å². The summed E-state index contributed by atoms with van der Waals surface area (Å²) in [4.78, 5) is 21.5. The van der Waals surface area contributed by atoms with Gasteiger partial charge in [-0.15, -0.1) is 0 Å². The molecule has 6 nitrogen and oxygen atoms in total. The first-order chi connectivity index (χ1) is 9.37. The van der Waals surface area contributed by atoms with Gasteiger partial charge in [0.25, 0.3) is 0 Å². The monoisotopic (exact) mass is 297 g/mol. The first-order valence-corrected chi connectivity index (χ1v) is 7.72. The van der Waals surface area contributed by atoms with Crippen LogP contribution >= 0.6 is 0 Å². The molecule has 0 N–H and O–H groups in total. The van der Waals surface area contributed by atoms with Gasteiger partial charge in [0.15, 0.2) is 0 Å². The van der Waals surface area contributed by atoms with Crippen LogP contribution < -0.4 is 0 Å². The highest BCUT2D eigenvalue weighted by Crippen LogP contribution is 2.21. The van der Waals surface area contributed by atoms with Gasteiger partial charge in [-0.25, -0.2) is 9.78 Å². The van der Waals surface area contributed by atoms with Crippen molar-refractivity contribution in [1.82, 2.24) is 14.9 Å². The fourth-order valence-electron chi connectivity index (χ4n) is 1.96. The number of rotatable bonds is 2. The Balaban J connectivity index is 1.96. The smallest absolute Gasteiger partial charge is 0.410 e. The zero-order valence-corrected chi connectivity index (χ0v) is 12.7. The van der Waals surface area contributed by atoms with Gasteiger partial charge in [-0.3, -0.25) is 9.19 Å². The molecule has 1 saturated heterocycles. The predicted molar refractivity (Wildman–Crippen MR) is 74.7 cm³/mol. The molecule has 2 rings (SSSR count). The Morgan fingerprint density at radius 1 is 1.45 bits per heavy atom. The van der Waals surface area contributed by atoms with E-state index >= 15 is 0 Å². The second-order valence-corrected chi connectivity index (χ2v) is 7.36. The number of carbonyl (C=O) groups excluding carboxylic acids is 1. The largest absolute Gasteiger partial charge is 0.444 e. The van der Waals surface area contributed by atoms with Crippen LogP contribution in [0, 0.1) is 0 Å². The standard InChI is InChI=1S/C13H19N3O3S/c1-13(2,3)19-12(17)16-7-4-10(9-16)20(18)11-8-14-5-6-15-11/h5-6,8,10H,4,7,9H2,1-3H3/t10-,20-/m1/s1. The lowest BCUT2D eigenvalue weighted by Gasteiger charge is -2.24.